The fourth-order valence-corrected chi connectivity index (χ4v) is 4.16. The highest BCUT2D eigenvalue weighted by Gasteiger charge is 2.33. The monoisotopic (exact) mass is 332 g/mol. The second kappa shape index (κ2) is 6.74. The summed E-state index contributed by atoms with van der Waals surface area (Å²) in [5.41, 5.74) is 4.54. The summed E-state index contributed by atoms with van der Waals surface area (Å²) < 4.78 is 0. The number of aromatic amines is 1. The Morgan fingerprint density at radius 3 is 3.04 bits per heavy atom. The van der Waals surface area contributed by atoms with Crippen LogP contribution in [0.25, 0.3) is 0 Å². The molecule has 23 heavy (non-hydrogen) atoms. The van der Waals surface area contributed by atoms with Crippen LogP contribution < -0.4 is 5.32 Å². The quantitative estimate of drug-likeness (QED) is 0.896. The second-order valence-corrected chi connectivity index (χ2v) is 7.12. The van der Waals surface area contributed by atoms with Gasteiger partial charge in [0.2, 0.25) is 0 Å². The van der Waals surface area contributed by atoms with Crippen LogP contribution in [-0.4, -0.2) is 34.2 Å². The zero-order valence-corrected chi connectivity index (χ0v) is 14.7. The number of carbonyl (C=O) groups excluding carboxylic acids is 1. The van der Waals surface area contributed by atoms with Gasteiger partial charge in [0.15, 0.2) is 0 Å². The van der Waals surface area contributed by atoms with E-state index in [9.17, 15) is 4.79 Å². The molecule has 1 aliphatic heterocycles. The Kier molecular flexibility index (Phi) is 4.71. The maximum Gasteiger partial charge on any atom is 0.317 e. The molecular weight excluding hydrogens is 308 g/mol. The average molecular weight is 332 g/mol. The minimum Gasteiger partial charge on any atom is -0.337 e. The van der Waals surface area contributed by atoms with Crippen LogP contribution in [0.1, 0.15) is 54.2 Å². The number of nitrogens with one attached hydrogen (secondary N) is 2. The molecule has 2 aromatic heterocycles. The number of nitrogens with zero attached hydrogens (tertiary/aromatic N) is 2. The van der Waals surface area contributed by atoms with Crippen LogP contribution in [0.3, 0.4) is 0 Å². The number of aryl methyl sites for hydroxylation is 2. The maximum absolute atomic E-state index is 12.6. The molecule has 3 rings (SSSR count). The lowest BCUT2D eigenvalue weighted by Gasteiger charge is -2.26. The molecule has 6 heteroatoms. The standard InChI is InChI=1S/C17H24N4OS/c1-11(14-6-8-23-10-14)9-18-17(22)21-7-4-5-15(21)16-12(2)19-20-13(16)3/h6,8,10-11,15H,4-5,7,9H2,1-3H3,(H,18,22)(H,19,20)/t11-,15-/m0/s1. The normalized spacial score (nSPS) is 19.1. The van der Waals surface area contributed by atoms with E-state index in [2.05, 4.69) is 39.3 Å². The van der Waals surface area contributed by atoms with Crippen molar-refractivity contribution in [3.05, 3.63) is 39.3 Å². The molecule has 124 valence electrons. The average Bonchev–Trinajstić information content (AvgIpc) is 3.25. The van der Waals surface area contributed by atoms with Crippen molar-refractivity contribution in [2.45, 2.75) is 45.6 Å². The first-order valence-corrected chi connectivity index (χ1v) is 9.10. The van der Waals surface area contributed by atoms with E-state index in [1.807, 2.05) is 18.7 Å². The van der Waals surface area contributed by atoms with E-state index in [1.165, 1.54) is 11.1 Å². The van der Waals surface area contributed by atoms with Crippen LogP contribution in [0.4, 0.5) is 4.79 Å². The van der Waals surface area contributed by atoms with Gasteiger partial charge in [0.25, 0.3) is 0 Å². The zero-order valence-electron chi connectivity index (χ0n) is 13.9. The van der Waals surface area contributed by atoms with Gasteiger partial charge in [-0.05, 0) is 55.0 Å². The summed E-state index contributed by atoms with van der Waals surface area (Å²) >= 11 is 1.70. The summed E-state index contributed by atoms with van der Waals surface area (Å²) in [5, 5.41) is 14.6. The van der Waals surface area contributed by atoms with E-state index < -0.39 is 0 Å². The molecule has 1 aliphatic rings. The summed E-state index contributed by atoms with van der Waals surface area (Å²) in [5.74, 6) is 0.337. The first-order chi connectivity index (χ1) is 11.1. The van der Waals surface area contributed by atoms with Crippen molar-refractivity contribution in [2.75, 3.05) is 13.1 Å². The predicted octanol–water partition coefficient (Wildman–Crippen LogP) is 3.74. The summed E-state index contributed by atoms with van der Waals surface area (Å²) in [6.45, 7) is 7.66. The Morgan fingerprint density at radius 2 is 2.39 bits per heavy atom. The molecule has 2 atom stereocenters. The van der Waals surface area contributed by atoms with Gasteiger partial charge in [0.05, 0.1) is 11.7 Å². The van der Waals surface area contributed by atoms with Crippen LogP contribution >= 0.6 is 11.3 Å². The molecular formula is C17H24N4OS. The van der Waals surface area contributed by atoms with E-state index in [0.29, 0.717) is 12.5 Å². The molecule has 0 saturated carbocycles. The second-order valence-electron chi connectivity index (χ2n) is 6.34. The number of carbonyl (C=O) groups is 1. The number of rotatable bonds is 4. The lowest BCUT2D eigenvalue weighted by molar-refractivity contribution is 0.192. The van der Waals surface area contributed by atoms with E-state index in [0.717, 1.165) is 30.8 Å². The fourth-order valence-electron chi connectivity index (χ4n) is 3.38. The maximum atomic E-state index is 12.6. The fraction of sp³-hybridized carbons (Fsp3) is 0.529. The van der Waals surface area contributed by atoms with Crippen LogP contribution in [0.15, 0.2) is 16.8 Å². The number of thiophene rings is 1. The molecule has 0 unspecified atom stereocenters. The first kappa shape index (κ1) is 16.1. The Balaban J connectivity index is 1.64. The summed E-state index contributed by atoms with van der Waals surface area (Å²) in [7, 11) is 0. The van der Waals surface area contributed by atoms with E-state index in [-0.39, 0.29) is 12.1 Å². The van der Waals surface area contributed by atoms with Crippen molar-refractivity contribution in [3.8, 4) is 0 Å². The first-order valence-electron chi connectivity index (χ1n) is 8.16. The molecule has 3 heterocycles. The Hall–Kier alpha value is -1.82. The molecule has 5 nitrogen and oxygen atoms in total. The van der Waals surface area contributed by atoms with Gasteiger partial charge in [0.1, 0.15) is 0 Å². The van der Waals surface area contributed by atoms with Crippen molar-refractivity contribution in [3.63, 3.8) is 0 Å². The van der Waals surface area contributed by atoms with Gasteiger partial charge in [-0.15, -0.1) is 0 Å². The molecule has 0 spiro atoms. The molecule has 0 bridgehead atoms. The summed E-state index contributed by atoms with van der Waals surface area (Å²) in [6, 6.07) is 2.30. The van der Waals surface area contributed by atoms with E-state index >= 15 is 0 Å². The topological polar surface area (TPSA) is 61.0 Å². The number of likely N-dealkylation sites (tertiary alicyclic amines) is 1. The highest BCUT2D eigenvalue weighted by Crippen LogP contribution is 2.34. The summed E-state index contributed by atoms with van der Waals surface area (Å²) in [6.07, 6.45) is 2.05. The van der Waals surface area contributed by atoms with Gasteiger partial charge in [-0.25, -0.2) is 4.79 Å². The molecule has 2 amide bonds. The van der Waals surface area contributed by atoms with Gasteiger partial charge in [0, 0.05) is 24.3 Å². The smallest absolute Gasteiger partial charge is 0.317 e. The van der Waals surface area contributed by atoms with Crippen molar-refractivity contribution in [1.29, 1.82) is 0 Å². The van der Waals surface area contributed by atoms with Crippen LogP contribution in [0, 0.1) is 13.8 Å². The molecule has 2 N–H and O–H groups in total. The number of amides is 2. The minimum atomic E-state index is 0.0366. The molecule has 0 aromatic carbocycles. The van der Waals surface area contributed by atoms with Crippen LogP contribution in [0.2, 0.25) is 0 Å². The third-order valence-corrected chi connectivity index (χ3v) is 5.41. The third kappa shape index (κ3) is 3.27. The Labute approximate surface area is 141 Å². The number of H-pyrrole nitrogens is 1. The van der Waals surface area contributed by atoms with E-state index in [1.54, 1.807) is 11.3 Å². The SMILES string of the molecule is Cc1n[nH]c(C)c1[C@@H]1CCCN1C(=O)NC[C@H](C)c1ccsc1. The number of hydrogen-bond donors (Lipinski definition) is 2. The minimum absolute atomic E-state index is 0.0366. The van der Waals surface area contributed by atoms with Crippen molar-refractivity contribution in [2.24, 2.45) is 0 Å². The molecule has 0 radical (unpaired) electrons. The van der Waals surface area contributed by atoms with Crippen LogP contribution in [0.5, 0.6) is 0 Å². The van der Waals surface area contributed by atoms with Crippen molar-refractivity contribution < 1.29 is 4.79 Å². The zero-order chi connectivity index (χ0) is 16.4. The van der Waals surface area contributed by atoms with Crippen LogP contribution in [-0.2, 0) is 0 Å². The highest BCUT2D eigenvalue weighted by atomic mass is 32.1. The molecule has 1 saturated heterocycles. The Morgan fingerprint density at radius 1 is 1.57 bits per heavy atom. The number of aromatic nitrogens is 2. The number of urea groups is 1. The number of hydrogen-bond acceptors (Lipinski definition) is 3. The van der Waals surface area contributed by atoms with Gasteiger partial charge >= 0.3 is 6.03 Å². The van der Waals surface area contributed by atoms with Crippen molar-refractivity contribution >= 4 is 17.4 Å². The lowest BCUT2D eigenvalue weighted by atomic mass is 10.0. The van der Waals surface area contributed by atoms with Gasteiger partial charge < -0.3 is 10.2 Å². The van der Waals surface area contributed by atoms with Crippen molar-refractivity contribution in [1.82, 2.24) is 20.4 Å². The largest absolute Gasteiger partial charge is 0.337 e. The molecule has 1 fully saturated rings. The predicted molar refractivity (Wildman–Crippen MR) is 92.9 cm³/mol. The third-order valence-electron chi connectivity index (χ3n) is 4.70. The Bertz CT molecular complexity index is 645. The summed E-state index contributed by atoms with van der Waals surface area (Å²) in [4.78, 5) is 14.6. The highest BCUT2D eigenvalue weighted by molar-refractivity contribution is 7.07. The van der Waals surface area contributed by atoms with Gasteiger partial charge in [-0.3, -0.25) is 5.10 Å². The van der Waals surface area contributed by atoms with Gasteiger partial charge in [-0.2, -0.15) is 16.4 Å². The van der Waals surface area contributed by atoms with E-state index in [4.69, 9.17) is 0 Å². The lowest BCUT2D eigenvalue weighted by Crippen LogP contribution is -2.41. The molecule has 2 aromatic rings. The molecule has 0 aliphatic carbocycles. The van der Waals surface area contributed by atoms with Gasteiger partial charge in [-0.1, -0.05) is 6.92 Å².